The first kappa shape index (κ1) is 13.6. The van der Waals surface area contributed by atoms with Crippen molar-refractivity contribution < 1.29 is 4.74 Å². The molecule has 0 aromatic carbocycles. The van der Waals surface area contributed by atoms with Crippen molar-refractivity contribution in [3.05, 3.63) is 35.7 Å². The third-order valence-electron chi connectivity index (χ3n) is 2.55. The van der Waals surface area contributed by atoms with E-state index in [0.717, 1.165) is 12.1 Å². The quantitative estimate of drug-likeness (QED) is 0.667. The summed E-state index contributed by atoms with van der Waals surface area (Å²) in [5.41, 5.74) is 7.91. The van der Waals surface area contributed by atoms with E-state index in [-0.39, 0.29) is 0 Å². The fourth-order valence-corrected chi connectivity index (χ4v) is 2.25. The lowest BCUT2D eigenvalue weighted by Crippen LogP contribution is -1.98. The third-order valence-corrected chi connectivity index (χ3v) is 3.44. The fourth-order valence-electron chi connectivity index (χ4n) is 1.48. The molecule has 0 aliphatic carbocycles. The highest BCUT2D eigenvalue weighted by atomic mass is 32.2. The highest BCUT2D eigenvalue weighted by molar-refractivity contribution is 7.98. The molecule has 0 bridgehead atoms. The predicted molar refractivity (Wildman–Crippen MR) is 76.2 cm³/mol. The Morgan fingerprint density at radius 2 is 2.16 bits per heavy atom. The van der Waals surface area contributed by atoms with Crippen LogP contribution >= 0.6 is 11.8 Å². The van der Waals surface area contributed by atoms with Crippen LogP contribution < -0.4 is 10.5 Å². The molecule has 2 aromatic rings. The molecule has 0 fully saturated rings. The molecule has 2 N–H and O–H groups in total. The standard InChI is InChI=1S/C13H16N4OS/c1-3-9-4-5-10(15-7-9)8-19-13-16-11(14)6-12(17-13)18-2/h4-7H,3,8H2,1-2H3,(H2,14,16,17). The molecule has 2 heterocycles. The lowest BCUT2D eigenvalue weighted by Gasteiger charge is -2.04. The Morgan fingerprint density at radius 1 is 1.32 bits per heavy atom. The van der Waals surface area contributed by atoms with Gasteiger partial charge < -0.3 is 10.5 Å². The number of hydrogen-bond donors (Lipinski definition) is 1. The predicted octanol–water partition coefficient (Wildman–Crippen LogP) is 2.32. The molecule has 0 saturated heterocycles. The number of rotatable bonds is 5. The summed E-state index contributed by atoms with van der Waals surface area (Å²) in [5.74, 6) is 1.59. The number of thioether (sulfide) groups is 1. The minimum Gasteiger partial charge on any atom is -0.481 e. The van der Waals surface area contributed by atoms with Crippen molar-refractivity contribution in [3.63, 3.8) is 0 Å². The van der Waals surface area contributed by atoms with Gasteiger partial charge in [-0.3, -0.25) is 4.98 Å². The van der Waals surface area contributed by atoms with Gasteiger partial charge in [0.05, 0.1) is 12.8 Å². The first-order chi connectivity index (χ1) is 9.21. The van der Waals surface area contributed by atoms with Crippen molar-refractivity contribution in [2.75, 3.05) is 12.8 Å². The zero-order valence-corrected chi connectivity index (χ0v) is 11.8. The number of nitrogens with two attached hydrogens (primary N) is 1. The van der Waals surface area contributed by atoms with E-state index in [1.165, 1.54) is 17.3 Å². The topological polar surface area (TPSA) is 73.9 Å². The molecule has 0 aliphatic heterocycles. The first-order valence-electron chi connectivity index (χ1n) is 5.96. The summed E-state index contributed by atoms with van der Waals surface area (Å²) >= 11 is 1.49. The summed E-state index contributed by atoms with van der Waals surface area (Å²) in [5, 5.41) is 0.596. The average Bonchev–Trinajstić information content (AvgIpc) is 2.45. The fraction of sp³-hybridized carbons (Fsp3) is 0.308. The van der Waals surface area contributed by atoms with E-state index in [1.807, 2.05) is 12.3 Å². The number of anilines is 1. The van der Waals surface area contributed by atoms with Gasteiger partial charge in [-0.1, -0.05) is 24.8 Å². The second-order valence-electron chi connectivity index (χ2n) is 3.92. The molecular formula is C13H16N4OS. The zero-order valence-electron chi connectivity index (χ0n) is 11.0. The molecule has 2 aromatic heterocycles. The number of methoxy groups -OCH3 is 1. The van der Waals surface area contributed by atoms with Gasteiger partial charge in [-0.05, 0) is 18.1 Å². The maximum absolute atomic E-state index is 5.68. The van der Waals surface area contributed by atoms with Crippen molar-refractivity contribution in [1.29, 1.82) is 0 Å². The van der Waals surface area contributed by atoms with E-state index in [2.05, 4.69) is 27.9 Å². The number of nitrogens with zero attached hydrogens (tertiary/aromatic N) is 3. The Kier molecular flexibility index (Phi) is 4.57. The minimum absolute atomic E-state index is 0.406. The highest BCUT2D eigenvalue weighted by Gasteiger charge is 2.05. The molecule has 19 heavy (non-hydrogen) atoms. The molecule has 0 radical (unpaired) electrons. The van der Waals surface area contributed by atoms with Gasteiger partial charge in [0.15, 0.2) is 5.16 Å². The maximum Gasteiger partial charge on any atom is 0.219 e. The van der Waals surface area contributed by atoms with Gasteiger partial charge in [0.2, 0.25) is 5.88 Å². The van der Waals surface area contributed by atoms with Crippen LogP contribution in [0.4, 0.5) is 5.82 Å². The second-order valence-corrected chi connectivity index (χ2v) is 4.86. The molecule has 0 saturated carbocycles. The Labute approximate surface area is 116 Å². The van der Waals surface area contributed by atoms with E-state index in [0.29, 0.717) is 22.6 Å². The van der Waals surface area contributed by atoms with Gasteiger partial charge in [0, 0.05) is 18.0 Å². The normalized spacial score (nSPS) is 10.4. The van der Waals surface area contributed by atoms with E-state index in [1.54, 1.807) is 13.2 Å². The summed E-state index contributed by atoms with van der Waals surface area (Å²) < 4.78 is 5.06. The molecule has 0 amide bonds. The first-order valence-corrected chi connectivity index (χ1v) is 6.95. The van der Waals surface area contributed by atoms with E-state index in [9.17, 15) is 0 Å². The van der Waals surface area contributed by atoms with Crippen LogP contribution in [0.15, 0.2) is 29.6 Å². The zero-order chi connectivity index (χ0) is 13.7. The summed E-state index contributed by atoms with van der Waals surface area (Å²) in [6.07, 6.45) is 2.90. The largest absolute Gasteiger partial charge is 0.481 e. The number of aromatic nitrogens is 3. The molecule has 6 heteroatoms. The summed E-state index contributed by atoms with van der Waals surface area (Å²) in [6.45, 7) is 2.11. The van der Waals surface area contributed by atoms with Crippen LogP contribution in [0.1, 0.15) is 18.2 Å². The Bertz CT molecular complexity index is 545. The minimum atomic E-state index is 0.406. The van der Waals surface area contributed by atoms with Gasteiger partial charge in [-0.2, -0.15) is 4.98 Å². The Hall–Kier alpha value is -1.82. The number of ether oxygens (including phenoxy) is 1. The van der Waals surface area contributed by atoms with Crippen molar-refractivity contribution in [2.24, 2.45) is 0 Å². The van der Waals surface area contributed by atoms with Crippen molar-refractivity contribution in [1.82, 2.24) is 15.0 Å². The van der Waals surface area contributed by atoms with Crippen LogP contribution in [0.2, 0.25) is 0 Å². The average molecular weight is 276 g/mol. The number of hydrogen-bond acceptors (Lipinski definition) is 6. The molecular weight excluding hydrogens is 260 g/mol. The lowest BCUT2D eigenvalue weighted by atomic mass is 10.2. The summed E-state index contributed by atoms with van der Waals surface area (Å²) in [6, 6.07) is 5.71. The van der Waals surface area contributed by atoms with E-state index in [4.69, 9.17) is 10.5 Å². The van der Waals surface area contributed by atoms with Crippen LogP contribution in [0.5, 0.6) is 5.88 Å². The van der Waals surface area contributed by atoms with Gasteiger partial charge in [-0.25, -0.2) is 4.98 Å². The van der Waals surface area contributed by atoms with Crippen LogP contribution in [0.3, 0.4) is 0 Å². The smallest absolute Gasteiger partial charge is 0.219 e. The van der Waals surface area contributed by atoms with E-state index < -0.39 is 0 Å². The Morgan fingerprint density at radius 3 is 2.79 bits per heavy atom. The maximum atomic E-state index is 5.68. The monoisotopic (exact) mass is 276 g/mol. The lowest BCUT2D eigenvalue weighted by molar-refractivity contribution is 0.393. The van der Waals surface area contributed by atoms with Crippen LogP contribution in [-0.2, 0) is 12.2 Å². The van der Waals surface area contributed by atoms with Gasteiger partial charge in [0.1, 0.15) is 5.82 Å². The van der Waals surface area contributed by atoms with Crippen LogP contribution in [0, 0.1) is 0 Å². The molecule has 0 atom stereocenters. The van der Waals surface area contributed by atoms with Crippen LogP contribution in [-0.4, -0.2) is 22.1 Å². The molecule has 0 unspecified atom stereocenters. The second kappa shape index (κ2) is 6.38. The number of nitrogen functional groups attached to an aromatic ring is 1. The van der Waals surface area contributed by atoms with Crippen LogP contribution in [0.25, 0.3) is 0 Å². The number of aryl methyl sites for hydroxylation is 1. The molecule has 2 rings (SSSR count). The van der Waals surface area contributed by atoms with Gasteiger partial charge in [-0.15, -0.1) is 0 Å². The van der Waals surface area contributed by atoms with Gasteiger partial charge in [0.25, 0.3) is 0 Å². The highest BCUT2D eigenvalue weighted by Crippen LogP contribution is 2.22. The van der Waals surface area contributed by atoms with E-state index >= 15 is 0 Å². The molecule has 0 spiro atoms. The Balaban J connectivity index is 2.03. The number of pyridine rings is 1. The third kappa shape index (κ3) is 3.82. The summed E-state index contributed by atoms with van der Waals surface area (Å²) in [4.78, 5) is 12.8. The SMILES string of the molecule is CCc1ccc(CSc2nc(N)cc(OC)n2)nc1. The van der Waals surface area contributed by atoms with Crippen molar-refractivity contribution in [2.45, 2.75) is 24.3 Å². The molecule has 0 aliphatic rings. The molecule has 5 nitrogen and oxygen atoms in total. The van der Waals surface area contributed by atoms with Crippen molar-refractivity contribution in [3.8, 4) is 5.88 Å². The van der Waals surface area contributed by atoms with Crippen molar-refractivity contribution >= 4 is 17.6 Å². The summed E-state index contributed by atoms with van der Waals surface area (Å²) in [7, 11) is 1.56. The molecule has 100 valence electrons. The van der Waals surface area contributed by atoms with Gasteiger partial charge >= 0.3 is 0 Å².